The lowest BCUT2D eigenvalue weighted by molar-refractivity contribution is 0.0525. The molecule has 0 aliphatic carbocycles. The monoisotopic (exact) mass is 416 g/mol. The molecule has 156 valence electrons. The number of aromatic amines is 1. The third-order valence-corrected chi connectivity index (χ3v) is 4.35. The molecule has 0 amide bonds. The van der Waals surface area contributed by atoms with E-state index in [1.807, 2.05) is 24.3 Å². The number of aldehydes is 1. The number of benzene rings is 3. The average Bonchev–Trinajstić information content (AvgIpc) is 3.24. The summed E-state index contributed by atoms with van der Waals surface area (Å²) in [5.41, 5.74) is 4.02. The van der Waals surface area contributed by atoms with Crippen molar-refractivity contribution in [1.29, 1.82) is 0 Å². The molecule has 0 fully saturated rings. The van der Waals surface area contributed by atoms with Gasteiger partial charge in [-0.25, -0.2) is 14.6 Å². The lowest BCUT2D eigenvalue weighted by Crippen LogP contribution is -2.04. The van der Waals surface area contributed by atoms with Crippen molar-refractivity contribution in [2.24, 2.45) is 0 Å². The van der Waals surface area contributed by atoms with Crippen LogP contribution in [0.25, 0.3) is 22.4 Å². The summed E-state index contributed by atoms with van der Waals surface area (Å²) < 4.78 is 4.77. The first kappa shape index (κ1) is 21.4. The Hall–Kier alpha value is -4.26. The number of esters is 1. The van der Waals surface area contributed by atoms with Gasteiger partial charge in [0, 0.05) is 11.1 Å². The number of aromatic nitrogens is 2. The van der Waals surface area contributed by atoms with Gasteiger partial charge < -0.3 is 14.8 Å². The molecule has 31 heavy (non-hydrogen) atoms. The van der Waals surface area contributed by atoms with Gasteiger partial charge in [0.25, 0.3) is 0 Å². The second-order valence-corrected chi connectivity index (χ2v) is 6.45. The molecule has 0 atom stereocenters. The maximum absolute atomic E-state index is 11.1. The molecule has 0 aliphatic heterocycles. The second kappa shape index (κ2) is 9.98. The summed E-state index contributed by atoms with van der Waals surface area (Å²) in [6, 6.07) is 20.7. The molecule has 3 aromatic carbocycles. The standard InChI is InChI=1S/C14H10N2O2.C10H10O3/c17-14(18)10-7-5-9(6-8-10)13-15-11-3-1-2-4-12(11)16-13;1-2-13-10(12)9-5-3-8(7-11)4-6-9/h1-8H,(H,15,16)(H,17,18);3-7H,2H2,1H3. The number of para-hydroxylation sites is 2. The number of rotatable bonds is 5. The molecule has 0 bridgehead atoms. The number of carboxylic acid groups (broad SMARTS) is 1. The third-order valence-electron chi connectivity index (χ3n) is 4.35. The van der Waals surface area contributed by atoms with Crippen LogP contribution in [0.1, 0.15) is 38.0 Å². The summed E-state index contributed by atoms with van der Waals surface area (Å²) in [7, 11) is 0. The molecule has 0 saturated carbocycles. The van der Waals surface area contributed by atoms with Crippen LogP contribution in [0, 0.1) is 0 Å². The Labute approximate surface area is 178 Å². The molecular formula is C24H20N2O5. The zero-order valence-electron chi connectivity index (χ0n) is 16.7. The maximum Gasteiger partial charge on any atom is 0.338 e. The van der Waals surface area contributed by atoms with E-state index in [1.165, 1.54) is 0 Å². The first-order valence-corrected chi connectivity index (χ1v) is 9.52. The normalized spacial score (nSPS) is 10.1. The van der Waals surface area contributed by atoms with Crippen LogP contribution in [0.2, 0.25) is 0 Å². The van der Waals surface area contributed by atoms with Crippen molar-refractivity contribution in [2.75, 3.05) is 6.61 Å². The number of fused-ring (bicyclic) bond motifs is 1. The zero-order valence-corrected chi connectivity index (χ0v) is 16.7. The number of nitrogens with zero attached hydrogens (tertiary/aromatic N) is 1. The van der Waals surface area contributed by atoms with Gasteiger partial charge in [-0.1, -0.05) is 36.4 Å². The van der Waals surface area contributed by atoms with E-state index in [1.54, 1.807) is 55.5 Å². The van der Waals surface area contributed by atoms with E-state index in [0.717, 1.165) is 28.7 Å². The number of H-pyrrole nitrogens is 1. The number of hydrogen-bond donors (Lipinski definition) is 2. The van der Waals surface area contributed by atoms with E-state index >= 15 is 0 Å². The highest BCUT2D eigenvalue weighted by Crippen LogP contribution is 2.20. The van der Waals surface area contributed by atoms with Crippen molar-refractivity contribution in [3.8, 4) is 11.4 Å². The maximum atomic E-state index is 11.1. The molecule has 2 N–H and O–H groups in total. The van der Waals surface area contributed by atoms with Crippen molar-refractivity contribution >= 4 is 29.3 Å². The number of hydrogen-bond acceptors (Lipinski definition) is 5. The minimum Gasteiger partial charge on any atom is -0.478 e. The van der Waals surface area contributed by atoms with Gasteiger partial charge in [-0.15, -0.1) is 0 Å². The number of imidazole rings is 1. The number of carboxylic acids is 1. The van der Waals surface area contributed by atoms with E-state index in [-0.39, 0.29) is 11.5 Å². The Morgan fingerprint density at radius 2 is 1.61 bits per heavy atom. The van der Waals surface area contributed by atoms with Crippen LogP contribution < -0.4 is 0 Å². The van der Waals surface area contributed by atoms with Crippen LogP contribution in [0.5, 0.6) is 0 Å². The lowest BCUT2D eigenvalue weighted by Gasteiger charge is -2.00. The minimum absolute atomic E-state index is 0.273. The first-order valence-electron chi connectivity index (χ1n) is 9.52. The fourth-order valence-corrected chi connectivity index (χ4v) is 2.77. The molecule has 4 rings (SSSR count). The van der Waals surface area contributed by atoms with Crippen molar-refractivity contribution in [1.82, 2.24) is 9.97 Å². The summed E-state index contributed by atoms with van der Waals surface area (Å²) in [6.45, 7) is 2.10. The molecule has 0 saturated heterocycles. The van der Waals surface area contributed by atoms with Gasteiger partial charge in [-0.3, -0.25) is 4.79 Å². The summed E-state index contributed by atoms with van der Waals surface area (Å²) in [6.07, 6.45) is 0.731. The van der Waals surface area contributed by atoms with Crippen molar-refractivity contribution in [3.05, 3.63) is 89.5 Å². The van der Waals surface area contributed by atoms with Crippen LogP contribution in [0.4, 0.5) is 0 Å². The smallest absolute Gasteiger partial charge is 0.338 e. The summed E-state index contributed by atoms with van der Waals surface area (Å²) in [4.78, 5) is 39.9. The SMILES string of the molecule is CCOC(=O)c1ccc(C=O)cc1.O=C(O)c1ccc(-c2nc3ccccc3[nH]2)cc1. The van der Waals surface area contributed by atoms with Gasteiger partial charge in [0.2, 0.25) is 0 Å². The molecule has 7 heteroatoms. The molecule has 1 heterocycles. The summed E-state index contributed by atoms with van der Waals surface area (Å²) in [5.74, 6) is -0.542. The topological polar surface area (TPSA) is 109 Å². The Morgan fingerprint density at radius 1 is 0.968 bits per heavy atom. The number of nitrogens with one attached hydrogen (secondary N) is 1. The molecule has 4 aromatic rings. The number of carbonyl (C=O) groups is 3. The molecule has 0 unspecified atom stereocenters. The Bertz CT molecular complexity index is 1160. The predicted octanol–water partition coefficient (Wildman–Crippen LogP) is 4.60. The molecule has 0 spiro atoms. The van der Waals surface area contributed by atoms with E-state index in [4.69, 9.17) is 9.84 Å². The highest BCUT2D eigenvalue weighted by Gasteiger charge is 2.07. The number of ether oxygens (including phenoxy) is 1. The van der Waals surface area contributed by atoms with Gasteiger partial charge in [0.05, 0.1) is 28.8 Å². The first-order chi connectivity index (χ1) is 15.0. The van der Waals surface area contributed by atoms with Crippen LogP contribution in [-0.4, -0.2) is 39.9 Å². The molecule has 7 nitrogen and oxygen atoms in total. The van der Waals surface area contributed by atoms with Gasteiger partial charge in [0.15, 0.2) is 0 Å². The zero-order chi connectivity index (χ0) is 22.2. The van der Waals surface area contributed by atoms with Gasteiger partial charge in [-0.05, 0) is 43.3 Å². The number of aromatic carboxylic acids is 1. The molecule has 0 aliphatic rings. The van der Waals surface area contributed by atoms with E-state index in [9.17, 15) is 14.4 Å². The quantitative estimate of drug-likeness (QED) is 0.363. The van der Waals surface area contributed by atoms with Crippen LogP contribution in [0.15, 0.2) is 72.8 Å². The fraction of sp³-hybridized carbons (Fsp3) is 0.0833. The predicted molar refractivity (Wildman–Crippen MR) is 116 cm³/mol. The molecular weight excluding hydrogens is 396 g/mol. The molecule has 1 aromatic heterocycles. The Balaban J connectivity index is 0.000000187. The van der Waals surface area contributed by atoms with E-state index < -0.39 is 5.97 Å². The summed E-state index contributed by atoms with van der Waals surface area (Å²) in [5, 5.41) is 8.84. The van der Waals surface area contributed by atoms with E-state index in [2.05, 4.69) is 9.97 Å². The van der Waals surface area contributed by atoms with Gasteiger partial charge >= 0.3 is 11.9 Å². The molecule has 0 radical (unpaired) electrons. The van der Waals surface area contributed by atoms with E-state index in [0.29, 0.717) is 17.7 Å². The second-order valence-electron chi connectivity index (χ2n) is 6.45. The third kappa shape index (κ3) is 5.42. The Kier molecular flexibility index (Phi) is 6.90. The van der Waals surface area contributed by atoms with Crippen molar-refractivity contribution in [3.63, 3.8) is 0 Å². The average molecular weight is 416 g/mol. The van der Waals surface area contributed by atoms with Gasteiger partial charge in [0.1, 0.15) is 12.1 Å². The summed E-state index contributed by atoms with van der Waals surface area (Å²) >= 11 is 0. The highest BCUT2D eigenvalue weighted by molar-refractivity contribution is 5.90. The highest BCUT2D eigenvalue weighted by atomic mass is 16.5. The lowest BCUT2D eigenvalue weighted by atomic mass is 10.1. The van der Waals surface area contributed by atoms with Crippen LogP contribution >= 0.6 is 0 Å². The Morgan fingerprint density at radius 3 is 2.19 bits per heavy atom. The van der Waals surface area contributed by atoms with Crippen LogP contribution in [-0.2, 0) is 4.74 Å². The van der Waals surface area contributed by atoms with Gasteiger partial charge in [-0.2, -0.15) is 0 Å². The van der Waals surface area contributed by atoms with Crippen molar-refractivity contribution in [2.45, 2.75) is 6.92 Å². The largest absolute Gasteiger partial charge is 0.478 e. The van der Waals surface area contributed by atoms with Crippen LogP contribution in [0.3, 0.4) is 0 Å². The fourth-order valence-electron chi connectivity index (χ4n) is 2.77. The minimum atomic E-state index is -0.925. The van der Waals surface area contributed by atoms with Crippen molar-refractivity contribution < 1.29 is 24.2 Å². The number of carbonyl (C=O) groups excluding carboxylic acids is 2.